The van der Waals surface area contributed by atoms with Gasteiger partial charge in [-0.25, -0.2) is 0 Å². The van der Waals surface area contributed by atoms with Crippen LogP contribution in [-0.4, -0.2) is 13.0 Å². The zero-order valence-electron chi connectivity index (χ0n) is 6.30. The molecule has 0 saturated carbocycles. The maximum absolute atomic E-state index is 6.69. The average molecular weight is 113 g/mol. The maximum atomic E-state index is 6.69. The molecule has 0 rings (SSSR count). The predicted molar refractivity (Wildman–Crippen MR) is 28.2 cm³/mol. The highest BCUT2D eigenvalue weighted by molar-refractivity contribution is 5.85. The standard InChI is InChI=1S/C2H7N3.ClH/c1-5-2(3)4;/h1H3,(H4,3,4,5);1H/i/hD3. The molecule has 0 aliphatic rings. The molecule has 0 atom stereocenters. The molecule has 0 aromatic rings. The van der Waals surface area contributed by atoms with Gasteiger partial charge in [0.25, 0.3) is 0 Å². The third-order valence-electron chi connectivity index (χ3n) is 0.212. The van der Waals surface area contributed by atoms with Crippen LogP contribution in [0.3, 0.4) is 0 Å². The Kier molecular flexibility index (Phi) is 2.04. The second-order valence-electron chi connectivity index (χ2n) is 0.547. The van der Waals surface area contributed by atoms with Crippen molar-refractivity contribution < 1.29 is 4.24 Å². The van der Waals surface area contributed by atoms with Crippen molar-refractivity contribution >= 4 is 18.4 Å². The number of nitrogens with two attached hydrogens (primary N) is 1. The van der Waals surface area contributed by atoms with E-state index < -0.39 is 5.96 Å². The molecule has 0 saturated heterocycles. The number of guanidine groups is 1. The summed E-state index contributed by atoms with van der Waals surface area (Å²) in [6, 6.07) is 0. The Hall–Kier alpha value is -0.440. The summed E-state index contributed by atoms with van der Waals surface area (Å²) < 4.78 is 19.5. The van der Waals surface area contributed by atoms with Crippen LogP contribution in [0, 0.1) is 5.41 Å². The van der Waals surface area contributed by atoms with Crippen molar-refractivity contribution in [3.63, 3.8) is 0 Å². The Morgan fingerprint density at radius 3 is 2.83 bits per heavy atom. The lowest BCUT2D eigenvalue weighted by Gasteiger charge is -1.85. The van der Waals surface area contributed by atoms with E-state index in [0.717, 1.165) is 0 Å². The van der Waals surface area contributed by atoms with E-state index in [9.17, 15) is 0 Å². The van der Waals surface area contributed by atoms with Gasteiger partial charge in [-0.3, -0.25) is 5.41 Å². The van der Waals surface area contributed by atoms with Crippen molar-refractivity contribution in [2.75, 3.05) is 7.05 Å². The van der Waals surface area contributed by atoms with Crippen molar-refractivity contribution in [2.45, 2.75) is 0 Å². The Balaban J connectivity index is 0. The van der Waals surface area contributed by atoms with Crippen LogP contribution in [0.15, 0.2) is 0 Å². The number of halogens is 1. The molecule has 0 heterocycles. The van der Waals surface area contributed by atoms with Gasteiger partial charge in [0, 0.05) is 7.05 Å². The maximum Gasteiger partial charge on any atom is 0.185 e. The number of nitrogens with one attached hydrogen (secondary N) is 2. The Morgan fingerprint density at radius 2 is 2.83 bits per heavy atom. The van der Waals surface area contributed by atoms with Crippen molar-refractivity contribution in [1.82, 2.24) is 5.31 Å². The lowest BCUT2D eigenvalue weighted by Crippen LogP contribution is -2.25. The highest BCUT2D eigenvalue weighted by Crippen LogP contribution is 1.31. The molecule has 0 radical (unpaired) electrons. The number of rotatable bonds is 0. The minimum Gasteiger partial charge on any atom is -0.370 e. The van der Waals surface area contributed by atoms with Crippen LogP contribution in [0.1, 0.15) is 0 Å². The van der Waals surface area contributed by atoms with Gasteiger partial charge in [-0.1, -0.05) is 0 Å². The van der Waals surface area contributed by atoms with Gasteiger partial charge in [0.1, 0.15) is 0 Å². The quantitative estimate of drug-likeness (QED) is 0.293. The van der Waals surface area contributed by atoms with E-state index in [1.807, 2.05) is 0 Å². The largest absolute Gasteiger partial charge is 0.370 e. The highest BCUT2D eigenvalue weighted by atomic mass is 35.5. The van der Waals surface area contributed by atoms with E-state index in [-0.39, 0.29) is 18.1 Å². The average Bonchev–Trinajstić information content (AvgIpc) is 1.64. The lowest BCUT2D eigenvalue weighted by atomic mass is 11.0. The minimum atomic E-state index is -0.481. The molecular weight excluding hydrogens is 101 g/mol. The Labute approximate surface area is 47.2 Å². The van der Waals surface area contributed by atoms with Gasteiger partial charge in [-0.2, -0.15) is 0 Å². The van der Waals surface area contributed by atoms with Crippen molar-refractivity contribution in [1.29, 1.82) is 5.41 Å². The first-order valence-corrected chi connectivity index (χ1v) is 1.14. The molecule has 3 nitrogen and oxygen atoms in total. The van der Waals surface area contributed by atoms with Gasteiger partial charge in [0.15, 0.2) is 10.2 Å². The van der Waals surface area contributed by atoms with Crippen molar-refractivity contribution in [3.05, 3.63) is 0 Å². The Morgan fingerprint density at radius 1 is 2.33 bits per heavy atom. The number of hydrogen-bond donors (Lipinski definition) is 3. The fourth-order valence-electron chi connectivity index (χ4n) is 0. The third kappa shape index (κ3) is 9.59. The monoisotopic (exact) mass is 112 g/mol. The normalized spacial score (nSPS) is 11.8. The zero-order chi connectivity index (χ0) is 6.73. The van der Waals surface area contributed by atoms with Crippen LogP contribution in [-0.2, 0) is 0 Å². The van der Waals surface area contributed by atoms with E-state index in [4.69, 9.17) is 9.64 Å². The zero-order valence-corrected chi connectivity index (χ0v) is 4.12. The van der Waals surface area contributed by atoms with E-state index in [2.05, 4.69) is 0 Å². The van der Waals surface area contributed by atoms with Gasteiger partial charge in [0.05, 0.1) is 0 Å². The van der Waals surface area contributed by atoms with Crippen molar-refractivity contribution in [2.24, 2.45) is 5.72 Å². The summed E-state index contributed by atoms with van der Waals surface area (Å²) in [5, 5.41) is 7.31. The molecule has 4 heteroatoms. The fourth-order valence-corrected chi connectivity index (χ4v) is 0. The summed E-state index contributed by atoms with van der Waals surface area (Å²) in [5.41, 5.74) is 0.0625. The first kappa shape index (κ1) is 2.69. The number of hydrogen-bond acceptors (Lipinski definition) is 1. The molecule has 0 aromatic heterocycles. The molecular formula is C2H8ClN3. The van der Waals surface area contributed by atoms with Crippen molar-refractivity contribution in [3.8, 4) is 0 Å². The van der Waals surface area contributed by atoms with Gasteiger partial charge >= 0.3 is 0 Å². The molecule has 0 aliphatic carbocycles. The van der Waals surface area contributed by atoms with Gasteiger partial charge in [0.2, 0.25) is 0 Å². The lowest BCUT2D eigenvalue weighted by molar-refractivity contribution is 1.12. The summed E-state index contributed by atoms with van der Waals surface area (Å²) in [4.78, 5) is 0. The van der Waals surface area contributed by atoms with Crippen LogP contribution >= 0.6 is 12.4 Å². The molecule has 4 N–H and O–H groups in total. The highest BCUT2D eigenvalue weighted by Gasteiger charge is 1.65. The van der Waals surface area contributed by atoms with E-state index >= 15 is 0 Å². The molecule has 0 aromatic carbocycles. The summed E-state index contributed by atoms with van der Waals surface area (Å²) in [6.07, 6.45) is 0. The SMILES string of the molecule is Cl.[2H]N([2H])C(=N)N([2H])C. The van der Waals surface area contributed by atoms with E-state index in [1.165, 1.54) is 7.05 Å². The van der Waals surface area contributed by atoms with Crippen LogP contribution < -0.4 is 11.0 Å². The molecule has 0 bridgehead atoms. The van der Waals surface area contributed by atoms with Crippen LogP contribution in [0.2, 0.25) is 4.24 Å². The topological polar surface area (TPSA) is 61.9 Å². The Bertz CT molecular complexity index is 85.1. The van der Waals surface area contributed by atoms with Crippen LogP contribution in [0.5, 0.6) is 0 Å². The molecule has 0 unspecified atom stereocenters. The molecule has 0 amide bonds. The minimum absolute atomic E-state index is 0. The van der Waals surface area contributed by atoms with Gasteiger partial charge in [-0.05, 0) is 0 Å². The molecule has 6 heavy (non-hydrogen) atoms. The van der Waals surface area contributed by atoms with E-state index in [1.54, 1.807) is 0 Å². The molecule has 38 valence electrons. The summed E-state index contributed by atoms with van der Waals surface area (Å²) >= 11 is 0. The molecule has 0 spiro atoms. The molecule has 0 aliphatic heterocycles. The first-order valence-electron chi connectivity index (χ1n) is 2.49. The summed E-state index contributed by atoms with van der Waals surface area (Å²) in [7, 11) is 1.28. The molecule has 0 fully saturated rings. The predicted octanol–water partition coefficient (Wildman–Crippen LogP) is -0.479. The second-order valence-corrected chi connectivity index (χ2v) is 0.547. The fraction of sp³-hybridized carbons (Fsp3) is 0.500. The first-order chi connectivity index (χ1) is 3.55. The smallest absolute Gasteiger partial charge is 0.185 e. The van der Waals surface area contributed by atoms with Crippen LogP contribution in [0.25, 0.3) is 0 Å². The second kappa shape index (κ2) is 4.56. The van der Waals surface area contributed by atoms with E-state index in [0.29, 0.717) is 5.31 Å². The van der Waals surface area contributed by atoms with Gasteiger partial charge < -0.3 is 11.0 Å². The third-order valence-corrected chi connectivity index (χ3v) is 0.212. The van der Waals surface area contributed by atoms with Crippen LogP contribution in [0.4, 0.5) is 0 Å². The van der Waals surface area contributed by atoms with Gasteiger partial charge in [-0.15, -0.1) is 12.4 Å². The summed E-state index contributed by atoms with van der Waals surface area (Å²) in [5.74, 6) is -0.481. The summed E-state index contributed by atoms with van der Waals surface area (Å²) in [6.45, 7) is 0.